The SMILES string of the molecule is CN(C)C(CNC(=O)C1CCN(S(=O)(=O)c2ccc3ccccc3c2)CC1)c1cccs1. The Bertz CT molecular complexity index is 1170. The number of amides is 1. The van der Waals surface area contributed by atoms with Gasteiger partial charge in [0.05, 0.1) is 10.9 Å². The molecule has 2 aromatic carbocycles. The molecule has 1 aliphatic rings. The molecule has 1 aliphatic heterocycles. The lowest BCUT2D eigenvalue weighted by atomic mass is 9.97. The normalized spacial score (nSPS) is 17.0. The molecule has 0 bridgehead atoms. The second-order valence-electron chi connectivity index (χ2n) is 8.43. The summed E-state index contributed by atoms with van der Waals surface area (Å²) in [5.41, 5.74) is 0. The number of sulfonamides is 1. The van der Waals surface area contributed by atoms with Crippen LogP contribution in [0.25, 0.3) is 10.8 Å². The molecule has 8 heteroatoms. The number of thiophene rings is 1. The summed E-state index contributed by atoms with van der Waals surface area (Å²) in [5.74, 6) is -0.152. The monoisotopic (exact) mass is 471 g/mol. The molecular formula is C24H29N3O3S2. The quantitative estimate of drug-likeness (QED) is 0.570. The van der Waals surface area contributed by atoms with Crippen molar-refractivity contribution in [1.29, 1.82) is 0 Å². The Balaban J connectivity index is 1.36. The van der Waals surface area contributed by atoms with Crippen LogP contribution in [-0.2, 0) is 14.8 Å². The van der Waals surface area contributed by atoms with Gasteiger partial charge in [0.2, 0.25) is 15.9 Å². The van der Waals surface area contributed by atoms with E-state index in [0.717, 1.165) is 10.8 Å². The van der Waals surface area contributed by atoms with Crippen molar-refractivity contribution in [2.45, 2.75) is 23.8 Å². The molecule has 3 aromatic rings. The van der Waals surface area contributed by atoms with Crippen molar-refractivity contribution in [3.05, 3.63) is 64.9 Å². The highest BCUT2D eigenvalue weighted by atomic mass is 32.2. The zero-order valence-electron chi connectivity index (χ0n) is 18.4. The summed E-state index contributed by atoms with van der Waals surface area (Å²) >= 11 is 1.68. The van der Waals surface area contributed by atoms with Gasteiger partial charge >= 0.3 is 0 Å². The van der Waals surface area contributed by atoms with Gasteiger partial charge in [0.25, 0.3) is 0 Å². The van der Waals surface area contributed by atoms with Crippen LogP contribution in [0.3, 0.4) is 0 Å². The summed E-state index contributed by atoms with van der Waals surface area (Å²) in [6.07, 6.45) is 1.06. The Morgan fingerprint density at radius 3 is 2.47 bits per heavy atom. The van der Waals surface area contributed by atoms with Crippen LogP contribution in [0.4, 0.5) is 0 Å². The number of carbonyl (C=O) groups excluding carboxylic acids is 1. The van der Waals surface area contributed by atoms with Gasteiger partial charge in [-0.3, -0.25) is 4.79 Å². The molecule has 1 unspecified atom stereocenters. The smallest absolute Gasteiger partial charge is 0.243 e. The number of piperidine rings is 1. The molecule has 1 saturated heterocycles. The van der Waals surface area contributed by atoms with Crippen LogP contribution in [-0.4, -0.2) is 57.3 Å². The van der Waals surface area contributed by atoms with Gasteiger partial charge in [0.15, 0.2) is 0 Å². The summed E-state index contributed by atoms with van der Waals surface area (Å²) in [7, 11) is 0.440. The minimum absolute atomic E-state index is 0.0103. The highest BCUT2D eigenvalue weighted by Gasteiger charge is 2.32. The predicted molar refractivity (Wildman–Crippen MR) is 129 cm³/mol. The van der Waals surface area contributed by atoms with Gasteiger partial charge in [-0.2, -0.15) is 4.31 Å². The average molecular weight is 472 g/mol. The first kappa shape index (κ1) is 22.9. The minimum atomic E-state index is -3.57. The Kier molecular flexibility index (Phi) is 6.95. The first-order chi connectivity index (χ1) is 15.4. The summed E-state index contributed by atoms with van der Waals surface area (Å²) in [6, 6.07) is 17.2. The van der Waals surface area contributed by atoms with Crippen molar-refractivity contribution in [3.63, 3.8) is 0 Å². The van der Waals surface area contributed by atoms with Gasteiger partial charge < -0.3 is 10.2 Å². The molecule has 0 saturated carbocycles. The maximum atomic E-state index is 13.1. The first-order valence-corrected chi connectivity index (χ1v) is 13.1. The number of hydrogen-bond donors (Lipinski definition) is 1. The van der Waals surface area contributed by atoms with E-state index in [2.05, 4.69) is 16.3 Å². The molecule has 0 spiro atoms. The topological polar surface area (TPSA) is 69.7 Å². The lowest BCUT2D eigenvalue weighted by molar-refractivity contribution is -0.126. The maximum absolute atomic E-state index is 13.1. The van der Waals surface area contributed by atoms with E-state index in [1.54, 1.807) is 23.5 Å². The highest BCUT2D eigenvalue weighted by molar-refractivity contribution is 7.89. The molecule has 1 aromatic heterocycles. The van der Waals surface area contributed by atoms with E-state index < -0.39 is 10.0 Å². The van der Waals surface area contributed by atoms with Crippen LogP contribution in [0.5, 0.6) is 0 Å². The highest BCUT2D eigenvalue weighted by Crippen LogP contribution is 2.27. The third-order valence-corrected chi connectivity index (χ3v) is 9.02. The van der Waals surface area contributed by atoms with Crippen molar-refractivity contribution in [3.8, 4) is 0 Å². The van der Waals surface area contributed by atoms with Crippen molar-refractivity contribution >= 4 is 38.0 Å². The van der Waals surface area contributed by atoms with E-state index in [0.29, 0.717) is 37.4 Å². The van der Waals surface area contributed by atoms with Crippen LogP contribution >= 0.6 is 11.3 Å². The molecule has 6 nitrogen and oxygen atoms in total. The summed E-state index contributed by atoms with van der Waals surface area (Å²) in [6.45, 7) is 1.26. The second-order valence-corrected chi connectivity index (χ2v) is 11.3. The molecule has 32 heavy (non-hydrogen) atoms. The lowest BCUT2D eigenvalue weighted by Gasteiger charge is -2.31. The predicted octanol–water partition coefficient (Wildman–Crippen LogP) is 3.72. The lowest BCUT2D eigenvalue weighted by Crippen LogP contribution is -2.44. The fourth-order valence-electron chi connectivity index (χ4n) is 4.20. The van der Waals surface area contributed by atoms with E-state index in [4.69, 9.17) is 0 Å². The van der Waals surface area contributed by atoms with Crippen LogP contribution in [0.15, 0.2) is 64.9 Å². The van der Waals surface area contributed by atoms with Gasteiger partial charge in [0, 0.05) is 30.4 Å². The molecule has 1 fully saturated rings. The molecule has 170 valence electrons. The van der Waals surface area contributed by atoms with E-state index in [-0.39, 0.29) is 17.9 Å². The largest absolute Gasteiger partial charge is 0.354 e. The zero-order valence-corrected chi connectivity index (χ0v) is 20.0. The number of nitrogens with one attached hydrogen (secondary N) is 1. The third-order valence-electron chi connectivity index (χ3n) is 6.15. The number of rotatable bonds is 7. The Hall–Kier alpha value is -2.26. The van der Waals surface area contributed by atoms with Gasteiger partial charge in [0.1, 0.15) is 0 Å². The fourth-order valence-corrected chi connectivity index (χ4v) is 6.62. The summed E-state index contributed by atoms with van der Waals surface area (Å²) < 4.78 is 27.8. The van der Waals surface area contributed by atoms with Crippen molar-refractivity contribution in [2.24, 2.45) is 5.92 Å². The van der Waals surface area contributed by atoms with E-state index in [1.165, 1.54) is 9.18 Å². The third kappa shape index (κ3) is 4.88. The molecular weight excluding hydrogens is 442 g/mol. The van der Waals surface area contributed by atoms with Crippen LogP contribution in [0.2, 0.25) is 0 Å². The van der Waals surface area contributed by atoms with Gasteiger partial charge in [-0.05, 0) is 61.3 Å². The summed E-state index contributed by atoms with van der Waals surface area (Å²) in [5, 5.41) is 7.05. The van der Waals surface area contributed by atoms with Gasteiger partial charge in [-0.15, -0.1) is 11.3 Å². The molecule has 1 atom stereocenters. The van der Waals surface area contributed by atoms with Crippen molar-refractivity contribution in [1.82, 2.24) is 14.5 Å². The van der Waals surface area contributed by atoms with Crippen molar-refractivity contribution in [2.75, 3.05) is 33.7 Å². The number of likely N-dealkylation sites (N-methyl/N-ethyl adjacent to an activating group) is 1. The van der Waals surface area contributed by atoms with E-state index in [1.807, 2.05) is 55.9 Å². The number of fused-ring (bicyclic) bond motifs is 1. The number of benzene rings is 2. The van der Waals surface area contributed by atoms with E-state index >= 15 is 0 Å². The zero-order chi connectivity index (χ0) is 22.7. The Morgan fingerprint density at radius 1 is 1.09 bits per heavy atom. The van der Waals surface area contributed by atoms with Gasteiger partial charge in [-0.1, -0.05) is 36.4 Å². The average Bonchev–Trinajstić information content (AvgIpc) is 3.33. The summed E-state index contributed by atoms with van der Waals surface area (Å²) in [4.78, 5) is 16.4. The number of carbonyl (C=O) groups is 1. The van der Waals surface area contributed by atoms with Crippen LogP contribution in [0.1, 0.15) is 23.8 Å². The first-order valence-electron chi connectivity index (χ1n) is 10.8. The maximum Gasteiger partial charge on any atom is 0.243 e. The van der Waals surface area contributed by atoms with Crippen LogP contribution < -0.4 is 5.32 Å². The van der Waals surface area contributed by atoms with Crippen LogP contribution in [0, 0.1) is 5.92 Å². The van der Waals surface area contributed by atoms with Gasteiger partial charge in [-0.25, -0.2) is 8.42 Å². The number of nitrogens with zero attached hydrogens (tertiary/aromatic N) is 2. The minimum Gasteiger partial charge on any atom is -0.354 e. The second kappa shape index (κ2) is 9.70. The molecule has 4 rings (SSSR count). The molecule has 2 heterocycles. The number of hydrogen-bond acceptors (Lipinski definition) is 5. The Morgan fingerprint density at radius 2 is 1.81 bits per heavy atom. The van der Waals surface area contributed by atoms with Crippen molar-refractivity contribution < 1.29 is 13.2 Å². The molecule has 1 amide bonds. The molecule has 0 aliphatic carbocycles. The molecule has 1 N–H and O–H groups in total. The standard InChI is InChI=1S/C24H29N3O3S2/c1-26(2)22(23-8-5-15-31-23)17-25-24(28)19-11-13-27(14-12-19)32(29,30)21-10-9-18-6-3-4-7-20(18)16-21/h3-10,15-16,19,22H,11-14,17H2,1-2H3,(H,25,28). The molecule has 0 radical (unpaired) electrons. The fraction of sp³-hybridized carbons (Fsp3) is 0.375. The van der Waals surface area contributed by atoms with E-state index in [9.17, 15) is 13.2 Å². The Labute approximate surface area is 193 Å².